The molecule has 0 atom stereocenters. The molecule has 0 saturated heterocycles. The molecule has 132 valence electrons. The van der Waals surface area contributed by atoms with E-state index in [9.17, 15) is 21.6 Å². The zero-order valence-electron chi connectivity index (χ0n) is 12.2. The average Bonchev–Trinajstić information content (AvgIpc) is 3.13. The van der Waals surface area contributed by atoms with Crippen LogP contribution in [0, 0.1) is 0 Å². The van der Waals surface area contributed by atoms with E-state index in [2.05, 4.69) is 5.10 Å². The summed E-state index contributed by atoms with van der Waals surface area (Å²) in [5.41, 5.74) is -1.29. The van der Waals surface area contributed by atoms with Crippen LogP contribution in [-0.4, -0.2) is 18.3 Å². The molecule has 0 aliphatic carbocycles. The summed E-state index contributed by atoms with van der Waals surface area (Å²) < 4.78 is 64.0. The van der Waals surface area contributed by atoms with Gasteiger partial charge in [-0.2, -0.15) is 31.2 Å². The number of hydrogen-bond acceptors (Lipinski definition) is 4. The van der Waals surface area contributed by atoms with Crippen LogP contribution in [0.5, 0.6) is 0 Å². The van der Waals surface area contributed by atoms with Gasteiger partial charge in [0.15, 0.2) is 5.69 Å². The number of nitrogens with one attached hydrogen (secondary N) is 1. The first-order valence-electron chi connectivity index (χ1n) is 6.68. The minimum Gasteiger partial charge on any atom is -0.200 e. The van der Waals surface area contributed by atoms with Crippen LogP contribution < -0.4 is 4.83 Å². The van der Waals surface area contributed by atoms with E-state index in [4.69, 9.17) is 11.6 Å². The molecule has 0 unspecified atom stereocenters. The number of thiophene rings is 1. The number of sulfonamides is 1. The molecule has 3 aromatic rings. The summed E-state index contributed by atoms with van der Waals surface area (Å²) in [7, 11) is -4.11. The van der Waals surface area contributed by atoms with E-state index in [1.807, 2.05) is 4.83 Å². The Morgan fingerprint density at radius 2 is 1.80 bits per heavy atom. The Morgan fingerprint density at radius 3 is 2.36 bits per heavy atom. The maximum absolute atomic E-state index is 13.0. The lowest BCUT2D eigenvalue weighted by Crippen LogP contribution is -2.25. The quantitative estimate of drug-likeness (QED) is 0.704. The maximum atomic E-state index is 13.0. The summed E-state index contributed by atoms with van der Waals surface area (Å²) in [4.78, 5) is 2.87. The van der Waals surface area contributed by atoms with Gasteiger partial charge in [-0.15, -0.1) is 16.4 Å². The molecule has 0 aliphatic heterocycles. The largest absolute Gasteiger partial charge is 0.435 e. The van der Waals surface area contributed by atoms with Crippen LogP contribution in [0.3, 0.4) is 0 Å². The molecule has 11 heteroatoms. The minimum absolute atomic E-state index is 0.0660. The third kappa shape index (κ3) is 3.80. The van der Waals surface area contributed by atoms with Crippen molar-refractivity contribution >= 4 is 33.0 Å². The third-order valence-corrected chi connectivity index (χ3v) is 5.65. The Bertz CT molecular complexity index is 998. The molecule has 0 saturated carbocycles. The summed E-state index contributed by atoms with van der Waals surface area (Å²) in [6.07, 6.45) is -4.72. The van der Waals surface area contributed by atoms with Crippen LogP contribution in [0.15, 0.2) is 53.4 Å². The summed E-state index contributed by atoms with van der Waals surface area (Å²) in [6.45, 7) is 0. The van der Waals surface area contributed by atoms with Gasteiger partial charge < -0.3 is 0 Å². The van der Waals surface area contributed by atoms with Gasteiger partial charge in [0.25, 0.3) is 10.0 Å². The molecule has 1 aromatic carbocycles. The standard InChI is InChI=1S/C14H9ClF3N3O2S2/c15-13-7-6-11(24-13)10-8-12(14(16,17)18)19-21(10)20-25(22,23)9-4-2-1-3-5-9/h1-8,20H. The van der Waals surface area contributed by atoms with E-state index in [1.54, 1.807) is 6.07 Å². The van der Waals surface area contributed by atoms with Gasteiger partial charge in [0.05, 0.1) is 14.1 Å². The van der Waals surface area contributed by atoms with Crippen LogP contribution in [-0.2, 0) is 16.2 Å². The highest BCUT2D eigenvalue weighted by Gasteiger charge is 2.36. The fourth-order valence-electron chi connectivity index (χ4n) is 1.98. The molecular formula is C14H9ClF3N3O2S2. The number of hydrogen-bond donors (Lipinski definition) is 1. The van der Waals surface area contributed by atoms with Crippen molar-refractivity contribution in [3.05, 3.63) is 58.6 Å². The van der Waals surface area contributed by atoms with Crippen LogP contribution >= 0.6 is 22.9 Å². The van der Waals surface area contributed by atoms with Crippen LogP contribution in [0.2, 0.25) is 4.34 Å². The number of nitrogens with zero attached hydrogens (tertiary/aromatic N) is 2. The summed E-state index contributed by atoms with van der Waals surface area (Å²) in [5, 5.41) is 3.34. The van der Waals surface area contributed by atoms with Crippen molar-refractivity contribution in [2.24, 2.45) is 0 Å². The highest BCUT2D eigenvalue weighted by molar-refractivity contribution is 7.92. The van der Waals surface area contributed by atoms with E-state index >= 15 is 0 Å². The minimum atomic E-state index is -4.72. The summed E-state index contributed by atoms with van der Waals surface area (Å²) in [5.74, 6) is 0. The molecule has 3 rings (SSSR count). The molecule has 0 spiro atoms. The molecule has 2 aromatic heterocycles. The van der Waals surface area contributed by atoms with Gasteiger partial charge in [-0.05, 0) is 30.3 Å². The van der Waals surface area contributed by atoms with Crippen molar-refractivity contribution in [1.82, 2.24) is 9.89 Å². The van der Waals surface area contributed by atoms with Crippen molar-refractivity contribution in [1.29, 1.82) is 0 Å². The average molecular weight is 408 g/mol. The van der Waals surface area contributed by atoms with Crippen molar-refractivity contribution in [2.75, 3.05) is 4.83 Å². The van der Waals surface area contributed by atoms with E-state index in [0.717, 1.165) is 17.4 Å². The highest BCUT2D eigenvalue weighted by atomic mass is 35.5. The molecule has 2 heterocycles. The zero-order valence-corrected chi connectivity index (χ0v) is 14.5. The monoisotopic (exact) mass is 407 g/mol. The first-order valence-corrected chi connectivity index (χ1v) is 9.35. The van der Waals surface area contributed by atoms with Crippen molar-refractivity contribution in [3.63, 3.8) is 0 Å². The molecule has 0 bridgehead atoms. The number of halogens is 4. The van der Waals surface area contributed by atoms with Gasteiger partial charge in [-0.3, -0.25) is 0 Å². The molecule has 0 radical (unpaired) electrons. The van der Waals surface area contributed by atoms with Crippen LogP contribution in [0.1, 0.15) is 5.69 Å². The number of aromatic nitrogens is 2. The highest BCUT2D eigenvalue weighted by Crippen LogP contribution is 2.35. The zero-order chi connectivity index (χ0) is 18.2. The Balaban J connectivity index is 2.07. The van der Waals surface area contributed by atoms with Gasteiger partial charge in [0, 0.05) is 0 Å². The van der Waals surface area contributed by atoms with E-state index in [-0.39, 0.29) is 10.6 Å². The molecular weight excluding hydrogens is 399 g/mol. The third-order valence-electron chi connectivity index (χ3n) is 3.09. The number of benzene rings is 1. The summed E-state index contributed by atoms with van der Waals surface area (Å²) in [6, 6.07) is 11.0. The first kappa shape index (κ1) is 17.8. The molecule has 5 nitrogen and oxygen atoms in total. The summed E-state index contributed by atoms with van der Waals surface area (Å²) >= 11 is 6.82. The van der Waals surface area contributed by atoms with Gasteiger partial charge in [-0.1, -0.05) is 29.8 Å². The van der Waals surface area contributed by atoms with Crippen molar-refractivity contribution < 1.29 is 21.6 Å². The van der Waals surface area contributed by atoms with Gasteiger partial charge in [0.1, 0.15) is 5.69 Å². The molecule has 0 fully saturated rings. The van der Waals surface area contributed by atoms with E-state index in [1.165, 1.54) is 36.4 Å². The van der Waals surface area contributed by atoms with Crippen molar-refractivity contribution in [2.45, 2.75) is 11.1 Å². The SMILES string of the molecule is O=S(=O)(Nn1nc(C(F)(F)F)cc1-c1ccc(Cl)s1)c1ccccc1. The lowest BCUT2D eigenvalue weighted by atomic mass is 10.3. The Kier molecular flexibility index (Phi) is 4.52. The molecule has 0 amide bonds. The van der Waals surface area contributed by atoms with Gasteiger partial charge in [-0.25, -0.2) is 0 Å². The number of rotatable bonds is 4. The van der Waals surface area contributed by atoms with Gasteiger partial charge in [0.2, 0.25) is 0 Å². The lowest BCUT2D eigenvalue weighted by molar-refractivity contribution is -0.141. The van der Waals surface area contributed by atoms with E-state index < -0.39 is 21.9 Å². The second kappa shape index (κ2) is 6.36. The van der Waals surface area contributed by atoms with Gasteiger partial charge >= 0.3 is 6.18 Å². The van der Waals surface area contributed by atoms with E-state index in [0.29, 0.717) is 14.0 Å². The second-order valence-corrected chi connectivity index (χ2v) is 8.21. The van der Waals surface area contributed by atoms with Crippen LogP contribution in [0.25, 0.3) is 10.6 Å². The Hall–Kier alpha value is -2.04. The Labute approximate surface area is 149 Å². The Morgan fingerprint density at radius 1 is 1.12 bits per heavy atom. The lowest BCUT2D eigenvalue weighted by Gasteiger charge is -2.10. The molecule has 0 aliphatic rings. The predicted molar refractivity (Wildman–Crippen MR) is 88.5 cm³/mol. The smallest absolute Gasteiger partial charge is 0.200 e. The molecule has 1 N–H and O–H groups in total. The van der Waals surface area contributed by atoms with Crippen LogP contribution in [0.4, 0.5) is 13.2 Å². The fraction of sp³-hybridized carbons (Fsp3) is 0.0714. The number of alkyl halides is 3. The second-order valence-electron chi connectivity index (χ2n) is 4.84. The molecule has 25 heavy (non-hydrogen) atoms. The normalized spacial score (nSPS) is 12.3. The predicted octanol–water partition coefficient (Wildman–Crippen LogP) is 4.22. The van der Waals surface area contributed by atoms with Crippen molar-refractivity contribution in [3.8, 4) is 10.6 Å². The fourth-order valence-corrected chi connectivity index (χ4v) is 4.02. The maximum Gasteiger partial charge on any atom is 0.435 e. The first-order chi connectivity index (χ1) is 11.7. The topological polar surface area (TPSA) is 64.0 Å².